The van der Waals surface area contributed by atoms with Crippen molar-refractivity contribution in [2.45, 2.75) is 26.2 Å². The van der Waals surface area contributed by atoms with Crippen LogP contribution in [-0.4, -0.2) is 55.5 Å². The van der Waals surface area contributed by atoms with Crippen molar-refractivity contribution in [1.82, 2.24) is 9.80 Å². The SMILES string of the molecule is Cc1cccc(NC(=O)N2CCCC(C(=O)Nc3ccc(CCN(C)C)cc3)C2)c1. The third-order valence-electron chi connectivity index (χ3n) is 5.42. The van der Waals surface area contributed by atoms with Crippen LogP contribution in [0.4, 0.5) is 16.2 Å². The van der Waals surface area contributed by atoms with Gasteiger partial charge in [0.2, 0.25) is 5.91 Å². The molecule has 0 bridgehead atoms. The second-order valence-corrected chi connectivity index (χ2v) is 8.32. The first-order chi connectivity index (χ1) is 14.4. The third-order valence-corrected chi connectivity index (χ3v) is 5.42. The number of benzene rings is 2. The fraction of sp³-hybridized carbons (Fsp3) is 0.417. The van der Waals surface area contributed by atoms with Crippen molar-refractivity contribution in [3.8, 4) is 0 Å². The van der Waals surface area contributed by atoms with Crippen LogP contribution in [0.15, 0.2) is 48.5 Å². The number of rotatable bonds is 6. The zero-order valence-corrected chi connectivity index (χ0v) is 18.1. The highest BCUT2D eigenvalue weighted by Gasteiger charge is 2.28. The summed E-state index contributed by atoms with van der Waals surface area (Å²) in [6, 6.07) is 15.6. The largest absolute Gasteiger partial charge is 0.326 e. The summed E-state index contributed by atoms with van der Waals surface area (Å²) in [5.41, 5.74) is 3.92. The predicted octanol–water partition coefficient (Wildman–Crippen LogP) is 3.98. The molecule has 1 saturated heterocycles. The van der Waals surface area contributed by atoms with Gasteiger partial charge in [0.15, 0.2) is 0 Å². The number of amides is 3. The summed E-state index contributed by atoms with van der Waals surface area (Å²) in [7, 11) is 4.12. The summed E-state index contributed by atoms with van der Waals surface area (Å²) in [6.45, 7) is 4.09. The molecule has 30 heavy (non-hydrogen) atoms. The standard InChI is InChI=1S/C24H32N4O2/c1-18-6-4-8-22(16-18)26-24(30)28-14-5-7-20(17-28)23(29)25-21-11-9-19(10-12-21)13-15-27(2)3/h4,6,8-12,16,20H,5,7,13-15,17H2,1-3H3,(H,25,29)(H,26,30). The van der Waals surface area contributed by atoms with Crippen molar-refractivity contribution in [2.75, 3.05) is 44.4 Å². The maximum atomic E-state index is 12.8. The van der Waals surface area contributed by atoms with Crippen molar-refractivity contribution in [1.29, 1.82) is 0 Å². The van der Waals surface area contributed by atoms with Crippen LogP contribution in [0, 0.1) is 12.8 Å². The van der Waals surface area contributed by atoms with Crippen molar-refractivity contribution < 1.29 is 9.59 Å². The zero-order valence-electron chi connectivity index (χ0n) is 18.1. The summed E-state index contributed by atoms with van der Waals surface area (Å²) in [5, 5.41) is 5.95. The monoisotopic (exact) mass is 408 g/mol. The summed E-state index contributed by atoms with van der Waals surface area (Å²) >= 11 is 0. The molecule has 2 aromatic rings. The molecule has 160 valence electrons. The number of aryl methyl sites for hydroxylation is 1. The topological polar surface area (TPSA) is 64.7 Å². The molecule has 6 heteroatoms. The molecule has 0 aromatic heterocycles. The minimum atomic E-state index is -0.199. The molecule has 1 unspecified atom stereocenters. The van der Waals surface area contributed by atoms with Crippen molar-refractivity contribution in [3.05, 3.63) is 59.7 Å². The van der Waals surface area contributed by atoms with Gasteiger partial charge < -0.3 is 20.4 Å². The lowest BCUT2D eigenvalue weighted by atomic mass is 9.97. The first kappa shape index (κ1) is 21.8. The van der Waals surface area contributed by atoms with Crippen LogP contribution in [0.1, 0.15) is 24.0 Å². The highest BCUT2D eigenvalue weighted by Crippen LogP contribution is 2.20. The number of hydrogen-bond donors (Lipinski definition) is 2. The predicted molar refractivity (Wildman–Crippen MR) is 122 cm³/mol. The summed E-state index contributed by atoms with van der Waals surface area (Å²) in [6.07, 6.45) is 2.60. The van der Waals surface area contributed by atoms with E-state index >= 15 is 0 Å². The van der Waals surface area contributed by atoms with Gasteiger partial charge in [0, 0.05) is 31.0 Å². The molecule has 3 amide bonds. The number of nitrogens with one attached hydrogen (secondary N) is 2. The smallest absolute Gasteiger partial charge is 0.321 e. The average Bonchev–Trinajstić information content (AvgIpc) is 2.73. The van der Waals surface area contributed by atoms with Crippen molar-refractivity contribution in [2.24, 2.45) is 5.92 Å². The highest BCUT2D eigenvalue weighted by molar-refractivity contribution is 5.94. The van der Waals surface area contributed by atoms with Gasteiger partial charge in [0.25, 0.3) is 0 Å². The average molecular weight is 409 g/mol. The Bertz CT molecular complexity index is 864. The van der Waals surface area contributed by atoms with Crippen molar-refractivity contribution in [3.63, 3.8) is 0 Å². The normalized spacial score (nSPS) is 16.4. The minimum Gasteiger partial charge on any atom is -0.326 e. The lowest BCUT2D eigenvalue weighted by Gasteiger charge is -2.32. The Hall–Kier alpha value is -2.86. The van der Waals surface area contributed by atoms with Crippen molar-refractivity contribution >= 4 is 23.3 Å². The Morgan fingerprint density at radius 2 is 1.83 bits per heavy atom. The third kappa shape index (κ3) is 6.32. The highest BCUT2D eigenvalue weighted by atomic mass is 16.2. The lowest BCUT2D eigenvalue weighted by Crippen LogP contribution is -2.45. The Balaban J connectivity index is 1.53. The van der Waals surface area contributed by atoms with E-state index in [-0.39, 0.29) is 17.9 Å². The fourth-order valence-electron chi connectivity index (χ4n) is 3.65. The number of likely N-dealkylation sites (tertiary alicyclic amines) is 1. The summed E-state index contributed by atoms with van der Waals surface area (Å²) in [4.78, 5) is 29.3. The molecular weight excluding hydrogens is 376 g/mol. The molecule has 0 radical (unpaired) electrons. The van der Waals surface area contributed by atoms with Gasteiger partial charge >= 0.3 is 6.03 Å². The molecule has 2 aromatic carbocycles. The van der Waals surface area contributed by atoms with E-state index < -0.39 is 0 Å². The summed E-state index contributed by atoms with van der Waals surface area (Å²) in [5.74, 6) is -0.223. The Kier molecular flexibility index (Phi) is 7.46. The quantitative estimate of drug-likeness (QED) is 0.760. The number of nitrogens with zero attached hydrogens (tertiary/aromatic N) is 2. The number of carbonyl (C=O) groups excluding carboxylic acids is 2. The molecule has 0 saturated carbocycles. The molecule has 1 aliphatic heterocycles. The van der Waals surface area contributed by atoms with E-state index in [4.69, 9.17) is 0 Å². The number of urea groups is 1. The number of likely N-dealkylation sites (N-methyl/N-ethyl adjacent to an activating group) is 1. The molecule has 1 heterocycles. The molecule has 0 aliphatic carbocycles. The van der Waals surface area contributed by atoms with Gasteiger partial charge in [-0.05, 0) is 75.7 Å². The molecule has 1 atom stereocenters. The maximum Gasteiger partial charge on any atom is 0.321 e. The van der Waals surface area contributed by atoms with Gasteiger partial charge in [0.05, 0.1) is 5.92 Å². The van der Waals surface area contributed by atoms with Crippen LogP contribution in [0.25, 0.3) is 0 Å². The van der Waals surface area contributed by atoms with Gasteiger partial charge in [-0.25, -0.2) is 4.79 Å². The molecule has 3 rings (SSSR count). The molecular formula is C24H32N4O2. The van der Waals surface area contributed by atoms with E-state index in [1.165, 1.54) is 5.56 Å². The van der Waals surface area contributed by atoms with Crippen LogP contribution in [0.5, 0.6) is 0 Å². The van der Waals surface area contributed by atoms with Gasteiger partial charge in [-0.3, -0.25) is 4.79 Å². The minimum absolute atomic E-state index is 0.0240. The first-order valence-corrected chi connectivity index (χ1v) is 10.6. The fourth-order valence-corrected chi connectivity index (χ4v) is 3.65. The van der Waals surface area contributed by atoms with Crippen LogP contribution >= 0.6 is 0 Å². The molecule has 2 N–H and O–H groups in total. The molecule has 0 spiro atoms. The Morgan fingerprint density at radius 3 is 2.53 bits per heavy atom. The van der Waals surface area contributed by atoms with E-state index in [0.717, 1.165) is 42.7 Å². The van der Waals surface area contributed by atoms with Gasteiger partial charge in [-0.1, -0.05) is 24.3 Å². The van der Waals surface area contributed by atoms with Crippen LogP contribution < -0.4 is 10.6 Å². The zero-order chi connectivity index (χ0) is 21.5. The Labute approximate surface area is 179 Å². The number of anilines is 2. The number of piperidine rings is 1. The van der Waals surface area contributed by atoms with E-state index in [9.17, 15) is 9.59 Å². The van der Waals surface area contributed by atoms with E-state index in [1.807, 2.05) is 43.3 Å². The van der Waals surface area contributed by atoms with Gasteiger partial charge in [0.1, 0.15) is 0 Å². The second-order valence-electron chi connectivity index (χ2n) is 8.32. The molecule has 1 fully saturated rings. The van der Waals surface area contributed by atoms with Gasteiger partial charge in [-0.2, -0.15) is 0 Å². The summed E-state index contributed by atoms with van der Waals surface area (Å²) < 4.78 is 0. The maximum absolute atomic E-state index is 12.8. The van der Waals surface area contributed by atoms with Crippen LogP contribution in [0.2, 0.25) is 0 Å². The first-order valence-electron chi connectivity index (χ1n) is 10.6. The Morgan fingerprint density at radius 1 is 1.07 bits per heavy atom. The van der Waals surface area contributed by atoms with E-state index in [0.29, 0.717) is 13.1 Å². The number of carbonyl (C=O) groups is 2. The van der Waals surface area contributed by atoms with E-state index in [2.05, 4.69) is 41.8 Å². The van der Waals surface area contributed by atoms with Crippen LogP contribution in [0.3, 0.4) is 0 Å². The number of hydrogen-bond acceptors (Lipinski definition) is 3. The second kappa shape index (κ2) is 10.3. The van der Waals surface area contributed by atoms with E-state index in [1.54, 1.807) is 4.90 Å². The lowest BCUT2D eigenvalue weighted by molar-refractivity contribution is -0.121. The molecule has 1 aliphatic rings. The van der Waals surface area contributed by atoms with Gasteiger partial charge in [-0.15, -0.1) is 0 Å². The molecule has 6 nitrogen and oxygen atoms in total. The van der Waals surface area contributed by atoms with Crippen LogP contribution in [-0.2, 0) is 11.2 Å².